The first-order valence-corrected chi connectivity index (χ1v) is 7.93. The first-order valence-electron chi connectivity index (χ1n) is 7.14. The van der Waals surface area contributed by atoms with E-state index in [0.717, 1.165) is 21.4 Å². The monoisotopic (exact) mass is 367 g/mol. The first-order chi connectivity index (χ1) is 10.5. The molecule has 2 aromatic heterocycles. The molecule has 22 heavy (non-hydrogen) atoms. The average Bonchev–Trinajstić information content (AvgIpc) is 2.99. The predicted octanol–water partition coefficient (Wildman–Crippen LogP) is 1.86. The van der Waals surface area contributed by atoms with Gasteiger partial charge in [-0.1, -0.05) is 0 Å². The number of amides is 1. The number of rotatable bonds is 3. The maximum atomic E-state index is 12.4. The van der Waals surface area contributed by atoms with Crippen LogP contribution in [0.25, 0.3) is 0 Å². The maximum Gasteiger partial charge on any atom is 0.272 e. The van der Waals surface area contributed by atoms with E-state index in [9.17, 15) is 4.79 Å². The van der Waals surface area contributed by atoms with E-state index in [4.69, 9.17) is 4.74 Å². The summed E-state index contributed by atoms with van der Waals surface area (Å²) in [5.41, 5.74) is 3.07. The number of halogens is 1. The Hall–Kier alpha value is -1.67. The molecule has 0 radical (unpaired) electrons. The third-order valence-corrected chi connectivity index (χ3v) is 4.38. The van der Waals surface area contributed by atoms with E-state index in [1.807, 2.05) is 27.1 Å². The molecule has 1 aliphatic rings. The second-order valence-electron chi connectivity index (χ2n) is 5.54. The minimum Gasteiger partial charge on any atom is -0.369 e. The van der Waals surface area contributed by atoms with E-state index in [0.29, 0.717) is 18.7 Å². The van der Waals surface area contributed by atoms with Gasteiger partial charge in [-0.2, -0.15) is 10.2 Å². The standard InChI is InChI=1S/C14H18BrN5O2/c1-7-4-9-12(8(2)22-7)17-18-13(9)14(21)16-5-11-10(15)6-20(3)19-11/h6-8H,4-5H2,1-3H3,(H,16,21)(H,17,18)/t7-,8+/m1/s1. The van der Waals surface area contributed by atoms with E-state index in [1.165, 1.54) is 0 Å². The molecule has 2 atom stereocenters. The third-order valence-electron chi connectivity index (χ3n) is 3.72. The minimum absolute atomic E-state index is 0.0715. The summed E-state index contributed by atoms with van der Waals surface area (Å²) in [7, 11) is 1.84. The van der Waals surface area contributed by atoms with Crippen molar-refractivity contribution >= 4 is 21.8 Å². The van der Waals surface area contributed by atoms with Gasteiger partial charge in [-0.05, 0) is 29.8 Å². The number of hydrogen-bond acceptors (Lipinski definition) is 4. The van der Waals surface area contributed by atoms with E-state index >= 15 is 0 Å². The lowest BCUT2D eigenvalue weighted by Gasteiger charge is -2.25. The smallest absolute Gasteiger partial charge is 0.272 e. The Kier molecular flexibility index (Phi) is 4.05. The molecule has 0 aromatic carbocycles. The summed E-state index contributed by atoms with van der Waals surface area (Å²) in [6, 6.07) is 0. The number of ether oxygens (including phenoxy) is 1. The highest BCUT2D eigenvalue weighted by Gasteiger charge is 2.29. The highest BCUT2D eigenvalue weighted by Crippen LogP contribution is 2.30. The topological polar surface area (TPSA) is 84.8 Å². The Morgan fingerprint density at radius 1 is 1.59 bits per heavy atom. The Labute approximate surface area is 136 Å². The number of carbonyl (C=O) groups is 1. The van der Waals surface area contributed by atoms with Crippen molar-refractivity contribution in [2.24, 2.45) is 7.05 Å². The van der Waals surface area contributed by atoms with Gasteiger partial charge >= 0.3 is 0 Å². The second kappa shape index (κ2) is 5.85. The van der Waals surface area contributed by atoms with Crippen molar-refractivity contribution in [3.8, 4) is 0 Å². The second-order valence-corrected chi connectivity index (χ2v) is 6.39. The summed E-state index contributed by atoms with van der Waals surface area (Å²) in [5, 5.41) is 14.2. The lowest BCUT2D eigenvalue weighted by Crippen LogP contribution is -2.27. The summed E-state index contributed by atoms with van der Waals surface area (Å²) in [6.07, 6.45) is 2.54. The van der Waals surface area contributed by atoms with E-state index in [1.54, 1.807) is 4.68 Å². The lowest BCUT2D eigenvalue weighted by molar-refractivity contribution is -0.00697. The number of fused-ring (bicyclic) bond motifs is 1. The van der Waals surface area contributed by atoms with Crippen molar-refractivity contribution in [2.75, 3.05) is 0 Å². The molecule has 0 saturated heterocycles. The highest BCUT2D eigenvalue weighted by molar-refractivity contribution is 9.10. The molecule has 0 aliphatic carbocycles. The van der Waals surface area contributed by atoms with Crippen molar-refractivity contribution in [2.45, 2.75) is 39.0 Å². The van der Waals surface area contributed by atoms with Crippen LogP contribution in [0.5, 0.6) is 0 Å². The van der Waals surface area contributed by atoms with Crippen LogP contribution in [0.4, 0.5) is 0 Å². The SMILES string of the molecule is C[C@@H]1Cc2c(C(=O)NCc3nn(C)cc3Br)n[nH]c2[C@H](C)O1. The van der Waals surface area contributed by atoms with Gasteiger partial charge < -0.3 is 10.1 Å². The molecule has 0 bridgehead atoms. The number of aryl methyl sites for hydroxylation is 1. The number of H-pyrrole nitrogens is 1. The van der Waals surface area contributed by atoms with Crippen LogP contribution in [-0.2, 0) is 24.8 Å². The average molecular weight is 368 g/mol. The fourth-order valence-corrected chi connectivity index (χ4v) is 3.25. The number of aromatic amines is 1. The van der Waals surface area contributed by atoms with Gasteiger partial charge in [0.25, 0.3) is 5.91 Å². The molecule has 7 nitrogen and oxygen atoms in total. The molecular formula is C14H18BrN5O2. The summed E-state index contributed by atoms with van der Waals surface area (Å²) >= 11 is 3.42. The van der Waals surface area contributed by atoms with Crippen LogP contribution >= 0.6 is 15.9 Å². The summed E-state index contributed by atoms with van der Waals surface area (Å²) in [4.78, 5) is 12.4. The number of aromatic nitrogens is 4. The van der Waals surface area contributed by atoms with E-state index in [-0.39, 0.29) is 18.1 Å². The van der Waals surface area contributed by atoms with Gasteiger partial charge in [0, 0.05) is 25.2 Å². The molecule has 0 fully saturated rings. The normalized spacial score (nSPS) is 20.7. The van der Waals surface area contributed by atoms with Crippen molar-refractivity contribution in [3.63, 3.8) is 0 Å². The third kappa shape index (κ3) is 2.80. The van der Waals surface area contributed by atoms with Crippen LogP contribution in [-0.4, -0.2) is 32.0 Å². The Bertz CT molecular complexity index is 708. The predicted molar refractivity (Wildman–Crippen MR) is 83.3 cm³/mol. The quantitative estimate of drug-likeness (QED) is 0.866. The fourth-order valence-electron chi connectivity index (χ4n) is 2.73. The van der Waals surface area contributed by atoms with Crippen molar-refractivity contribution in [1.29, 1.82) is 0 Å². The van der Waals surface area contributed by atoms with E-state index < -0.39 is 0 Å². The van der Waals surface area contributed by atoms with Gasteiger partial charge in [0.05, 0.1) is 34.6 Å². The molecule has 2 aromatic rings. The van der Waals surface area contributed by atoms with Crippen LogP contribution < -0.4 is 5.32 Å². The van der Waals surface area contributed by atoms with Gasteiger partial charge in [-0.15, -0.1) is 0 Å². The number of nitrogens with one attached hydrogen (secondary N) is 2. The summed E-state index contributed by atoms with van der Waals surface area (Å²) < 4.78 is 8.30. The molecule has 118 valence electrons. The van der Waals surface area contributed by atoms with E-state index in [2.05, 4.69) is 36.5 Å². The molecule has 1 amide bonds. The molecule has 0 unspecified atom stereocenters. The number of nitrogens with zero attached hydrogens (tertiary/aromatic N) is 3. The lowest BCUT2D eigenvalue weighted by atomic mass is 9.99. The fraction of sp³-hybridized carbons (Fsp3) is 0.500. The summed E-state index contributed by atoms with van der Waals surface area (Å²) in [5.74, 6) is -0.198. The Balaban J connectivity index is 1.75. The molecule has 2 N–H and O–H groups in total. The van der Waals surface area contributed by atoms with Crippen LogP contribution in [0.2, 0.25) is 0 Å². The zero-order valence-electron chi connectivity index (χ0n) is 12.7. The molecular weight excluding hydrogens is 350 g/mol. The molecule has 3 rings (SSSR count). The number of carbonyl (C=O) groups excluding carboxylic acids is 1. The largest absolute Gasteiger partial charge is 0.369 e. The molecule has 3 heterocycles. The minimum atomic E-state index is -0.198. The molecule has 0 spiro atoms. The zero-order valence-corrected chi connectivity index (χ0v) is 14.3. The molecule has 0 saturated carbocycles. The summed E-state index contributed by atoms with van der Waals surface area (Å²) in [6.45, 7) is 4.31. The highest BCUT2D eigenvalue weighted by atomic mass is 79.9. The molecule has 8 heteroatoms. The van der Waals surface area contributed by atoms with Crippen LogP contribution in [0.15, 0.2) is 10.7 Å². The van der Waals surface area contributed by atoms with Gasteiger partial charge in [0.1, 0.15) is 0 Å². The van der Waals surface area contributed by atoms with Crippen molar-refractivity contribution < 1.29 is 9.53 Å². The van der Waals surface area contributed by atoms with Gasteiger partial charge in [0.2, 0.25) is 0 Å². The Morgan fingerprint density at radius 3 is 3.05 bits per heavy atom. The van der Waals surface area contributed by atoms with Crippen LogP contribution in [0, 0.1) is 0 Å². The van der Waals surface area contributed by atoms with Gasteiger partial charge in [-0.25, -0.2) is 0 Å². The van der Waals surface area contributed by atoms with Crippen molar-refractivity contribution in [1.82, 2.24) is 25.3 Å². The van der Waals surface area contributed by atoms with Crippen LogP contribution in [0.1, 0.15) is 47.4 Å². The van der Waals surface area contributed by atoms with Gasteiger partial charge in [-0.3, -0.25) is 14.6 Å². The number of hydrogen-bond donors (Lipinski definition) is 2. The maximum absolute atomic E-state index is 12.4. The molecule has 1 aliphatic heterocycles. The zero-order chi connectivity index (χ0) is 15.9. The van der Waals surface area contributed by atoms with Crippen molar-refractivity contribution in [3.05, 3.63) is 33.3 Å². The Morgan fingerprint density at radius 2 is 2.36 bits per heavy atom. The first kappa shape index (κ1) is 15.2. The van der Waals surface area contributed by atoms with Gasteiger partial charge in [0.15, 0.2) is 5.69 Å². The van der Waals surface area contributed by atoms with Crippen LogP contribution in [0.3, 0.4) is 0 Å².